The first-order valence-corrected chi connectivity index (χ1v) is 6.01. The Kier molecular flexibility index (Phi) is 4.89. The lowest BCUT2D eigenvalue weighted by molar-refractivity contribution is 0.544. The number of hydrogen-bond acceptors (Lipinski definition) is 4. The van der Waals surface area contributed by atoms with Crippen molar-refractivity contribution < 1.29 is 0 Å². The predicted octanol–water partition coefficient (Wildman–Crippen LogP) is 2.47. The number of nitrogens with zero attached hydrogens (tertiary/aromatic N) is 4. The summed E-state index contributed by atoms with van der Waals surface area (Å²) in [6.45, 7) is 10.5. The third kappa shape index (κ3) is 4.39. The molecule has 0 aromatic carbocycles. The van der Waals surface area contributed by atoms with Crippen molar-refractivity contribution in [3.8, 4) is 6.07 Å². The Morgan fingerprint density at radius 2 is 1.82 bits per heavy atom. The molecule has 0 saturated heterocycles. The van der Waals surface area contributed by atoms with Gasteiger partial charge in [0.15, 0.2) is 0 Å². The van der Waals surface area contributed by atoms with Crippen LogP contribution in [0.5, 0.6) is 0 Å². The second-order valence-corrected chi connectivity index (χ2v) is 5.05. The molecule has 92 valence electrons. The molecule has 0 radical (unpaired) electrons. The second-order valence-electron chi connectivity index (χ2n) is 5.05. The quantitative estimate of drug-likeness (QED) is 0.782. The van der Waals surface area contributed by atoms with Crippen LogP contribution in [0.2, 0.25) is 0 Å². The Labute approximate surface area is 103 Å². The molecular formula is C13H20N4. The van der Waals surface area contributed by atoms with E-state index in [1.165, 1.54) is 0 Å². The largest absolute Gasteiger partial charge is 0.340 e. The van der Waals surface area contributed by atoms with Gasteiger partial charge in [-0.1, -0.05) is 27.7 Å². The summed E-state index contributed by atoms with van der Waals surface area (Å²) in [5, 5.41) is 8.85. The number of rotatable bonds is 5. The van der Waals surface area contributed by atoms with Gasteiger partial charge in [-0.05, 0) is 17.9 Å². The molecule has 0 atom stereocenters. The SMILES string of the molecule is CC(C)CN(CC(C)C)c1nccc(C#N)n1. The van der Waals surface area contributed by atoms with Crippen molar-refractivity contribution in [1.82, 2.24) is 9.97 Å². The van der Waals surface area contributed by atoms with Gasteiger partial charge in [0.05, 0.1) is 0 Å². The standard InChI is InChI=1S/C13H20N4/c1-10(2)8-17(9-11(3)4)13-15-6-5-12(7-14)16-13/h5-6,10-11H,8-9H2,1-4H3. The van der Waals surface area contributed by atoms with Crippen molar-refractivity contribution in [1.29, 1.82) is 5.26 Å². The monoisotopic (exact) mass is 232 g/mol. The highest BCUT2D eigenvalue weighted by Crippen LogP contribution is 2.12. The topological polar surface area (TPSA) is 52.8 Å². The molecular weight excluding hydrogens is 212 g/mol. The van der Waals surface area contributed by atoms with Crippen LogP contribution in [0.15, 0.2) is 12.3 Å². The van der Waals surface area contributed by atoms with Gasteiger partial charge in [0.1, 0.15) is 11.8 Å². The third-order valence-corrected chi connectivity index (χ3v) is 2.21. The molecule has 0 amide bonds. The summed E-state index contributed by atoms with van der Waals surface area (Å²) in [7, 11) is 0. The summed E-state index contributed by atoms with van der Waals surface area (Å²) < 4.78 is 0. The zero-order chi connectivity index (χ0) is 12.8. The molecule has 1 aromatic heterocycles. The maximum Gasteiger partial charge on any atom is 0.226 e. The Bertz CT molecular complexity index is 383. The number of aromatic nitrogens is 2. The molecule has 17 heavy (non-hydrogen) atoms. The first kappa shape index (κ1) is 13.4. The summed E-state index contributed by atoms with van der Waals surface area (Å²) in [5.41, 5.74) is 0.424. The van der Waals surface area contributed by atoms with Crippen LogP contribution in [0.3, 0.4) is 0 Å². The van der Waals surface area contributed by atoms with Crippen LogP contribution in [0.1, 0.15) is 33.4 Å². The molecule has 0 unspecified atom stereocenters. The van der Waals surface area contributed by atoms with Gasteiger partial charge >= 0.3 is 0 Å². The van der Waals surface area contributed by atoms with E-state index in [0.717, 1.165) is 13.1 Å². The molecule has 0 aliphatic rings. The van der Waals surface area contributed by atoms with Crippen molar-refractivity contribution in [2.24, 2.45) is 11.8 Å². The van der Waals surface area contributed by atoms with Crippen LogP contribution in [0, 0.1) is 23.2 Å². The normalized spacial score (nSPS) is 10.6. The minimum absolute atomic E-state index is 0.424. The number of nitriles is 1. The van der Waals surface area contributed by atoms with Gasteiger partial charge in [-0.3, -0.25) is 0 Å². The average molecular weight is 232 g/mol. The molecule has 0 saturated carbocycles. The maximum absolute atomic E-state index is 8.85. The zero-order valence-electron chi connectivity index (χ0n) is 11.0. The molecule has 1 rings (SSSR count). The highest BCUT2D eigenvalue weighted by Gasteiger charge is 2.13. The van der Waals surface area contributed by atoms with Crippen LogP contribution in [-0.2, 0) is 0 Å². The predicted molar refractivity (Wildman–Crippen MR) is 68.6 cm³/mol. The maximum atomic E-state index is 8.85. The molecule has 1 aromatic rings. The van der Waals surface area contributed by atoms with Crippen LogP contribution in [-0.4, -0.2) is 23.1 Å². The minimum atomic E-state index is 0.424. The summed E-state index contributed by atoms with van der Waals surface area (Å²) >= 11 is 0. The van der Waals surface area contributed by atoms with E-state index in [1.807, 2.05) is 0 Å². The van der Waals surface area contributed by atoms with Crippen molar-refractivity contribution in [3.05, 3.63) is 18.0 Å². The van der Waals surface area contributed by atoms with Crippen molar-refractivity contribution in [2.45, 2.75) is 27.7 Å². The molecule has 0 bridgehead atoms. The van der Waals surface area contributed by atoms with E-state index in [2.05, 4.69) is 48.6 Å². The average Bonchev–Trinajstić information content (AvgIpc) is 2.27. The van der Waals surface area contributed by atoms with Crippen LogP contribution >= 0.6 is 0 Å². The Morgan fingerprint density at radius 3 is 2.29 bits per heavy atom. The fourth-order valence-corrected chi connectivity index (χ4v) is 1.68. The molecule has 0 N–H and O–H groups in total. The fraction of sp³-hybridized carbons (Fsp3) is 0.615. The van der Waals surface area contributed by atoms with E-state index in [9.17, 15) is 0 Å². The van der Waals surface area contributed by atoms with Crippen LogP contribution in [0.25, 0.3) is 0 Å². The van der Waals surface area contributed by atoms with Gasteiger partial charge in [0.25, 0.3) is 0 Å². The second kappa shape index (κ2) is 6.19. The minimum Gasteiger partial charge on any atom is -0.340 e. The smallest absolute Gasteiger partial charge is 0.226 e. The van der Waals surface area contributed by atoms with Gasteiger partial charge < -0.3 is 4.90 Å². The summed E-state index contributed by atoms with van der Waals surface area (Å²) in [4.78, 5) is 10.7. The van der Waals surface area contributed by atoms with E-state index in [1.54, 1.807) is 12.3 Å². The zero-order valence-corrected chi connectivity index (χ0v) is 11.0. The fourth-order valence-electron chi connectivity index (χ4n) is 1.68. The highest BCUT2D eigenvalue weighted by atomic mass is 15.2. The first-order valence-electron chi connectivity index (χ1n) is 6.01. The molecule has 1 heterocycles. The van der Waals surface area contributed by atoms with Gasteiger partial charge in [-0.15, -0.1) is 0 Å². The lowest BCUT2D eigenvalue weighted by atomic mass is 10.1. The Balaban J connectivity index is 2.91. The lowest BCUT2D eigenvalue weighted by Crippen LogP contribution is -2.32. The van der Waals surface area contributed by atoms with Gasteiger partial charge in [0.2, 0.25) is 5.95 Å². The molecule has 0 aliphatic carbocycles. The van der Waals surface area contributed by atoms with E-state index in [-0.39, 0.29) is 0 Å². The van der Waals surface area contributed by atoms with E-state index < -0.39 is 0 Å². The van der Waals surface area contributed by atoms with E-state index in [4.69, 9.17) is 5.26 Å². The van der Waals surface area contributed by atoms with Crippen molar-refractivity contribution >= 4 is 5.95 Å². The Morgan fingerprint density at radius 1 is 1.24 bits per heavy atom. The van der Waals surface area contributed by atoms with E-state index in [0.29, 0.717) is 23.5 Å². The molecule has 4 heteroatoms. The third-order valence-electron chi connectivity index (χ3n) is 2.21. The number of anilines is 1. The van der Waals surface area contributed by atoms with Gasteiger partial charge in [0, 0.05) is 19.3 Å². The first-order chi connectivity index (χ1) is 8.02. The molecule has 4 nitrogen and oxygen atoms in total. The summed E-state index contributed by atoms with van der Waals surface area (Å²) in [6.07, 6.45) is 1.65. The molecule has 0 spiro atoms. The van der Waals surface area contributed by atoms with Gasteiger partial charge in [-0.25, -0.2) is 9.97 Å². The lowest BCUT2D eigenvalue weighted by Gasteiger charge is -2.26. The van der Waals surface area contributed by atoms with Crippen molar-refractivity contribution in [2.75, 3.05) is 18.0 Å². The number of hydrogen-bond donors (Lipinski definition) is 0. The summed E-state index contributed by atoms with van der Waals surface area (Å²) in [6, 6.07) is 3.68. The molecule has 0 aliphatic heterocycles. The van der Waals surface area contributed by atoms with Crippen LogP contribution in [0.4, 0.5) is 5.95 Å². The van der Waals surface area contributed by atoms with Gasteiger partial charge in [-0.2, -0.15) is 5.26 Å². The van der Waals surface area contributed by atoms with E-state index >= 15 is 0 Å². The molecule has 0 fully saturated rings. The summed E-state index contributed by atoms with van der Waals surface area (Å²) in [5.74, 6) is 1.75. The highest BCUT2D eigenvalue weighted by molar-refractivity contribution is 5.33. The Hall–Kier alpha value is -1.63. The van der Waals surface area contributed by atoms with Crippen molar-refractivity contribution in [3.63, 3.8) is 0 Å². The van der Waals surface area contributed by atoms with Crippen LogP contribution < -0.4 is 4.90 Å².